The highest BCUT2D eigenvalue weighted by Gasteiger charge is 2.33. The molecule has 1 nitrogen and oxygen atoms in total. The zero-order valence-corrected chi connectivity index (χ0v) is 25.0. The molecule has 0 amide bonds. The van der Waals surface area contributed by atoms with Gasteiger partial charge in [-0.05, 0) is 87.0 Å². The lowest BCUT2D eigenvalue weighted by atomic mass is 9.86. The first-order valence-electron chi connectivity index (χ1n) is 15.2. The van der Waals surface area contributed by atoms with E-state index in [4.69, 9.17) is 0 Å². The third-order valence-corrected chi connectivity index (χ3v) is 9.94. The second-order valence-electron chi connectivity index (χ2n) is 11.4. The van der Waals surface area contributed by atoms with Gasteiger partial charge in [-0.25, -0.2) is 0 Å². The summed E-state index contributed by atoms with van der Waals surface area (Å²) in [5, 5.41) is 4.18. The van der Waals surface area contributed by atoms with Crippen molar-refractivity contribution in [2.24, 2.45) is 0 Å². The Morgan fingerprint density at radius 1 is 0.455 bits per heavy atom. The Hall–Kier alpha value is -5.05. The molecule has 2 atom stereocenters. The molecule has 2 heteroatoms. The van der Waals surface area contributed by atoms with Gasteiger partial charge < -0.3 is 5.32 Å². The molecule has 8 rings (SSSR count). The molecule has 0 aromatic heterocycles. The Kier molecular flexibility index (Phi) is 6.98. The van der Waals surface area contributed by atoms with Gasteiger partial charge in [0.05, 0.1) is 0 Å². The van der Waals surface area contributed by atoms with E-state index in [0.717, 1.165) is 11.4 Å². The van der Waals surface area contributed by atoms with E-state index in [9.17, 15) is 0 Å². The van der Waals surface area contributed by atoms with Gasteiger partial charge in [-0.1, -0.05) is 127 Å². The topological polar surface area (TPSA) is 12.0 Å². The van der Waals surface area contributed by atoms with Crippen LogP contribution >= 0.6 is 11.8 Å². The molecule has 0 spiro atoms. The molecule has 44 heavy (non-hydrogen) atoms. The number of allylic oxidation sites excluding steroid dienone is 3. The second kappa shape index (κ2) is 11.6. The molecule has 0 radical (unpaired) electrons. The van der Waals surface area contributed by atoms with E-state index in [1.165, 1.54) is 55.0 Å². The van der Waals surface area contributed by atoms with Crippen LogP contribution in [0.1, 0.15) is 11.5 Å². The summed E-state index contributed by atoms with van der Waals surface area (Å²) in [7, 11) is 0. The summed E-state index contributed by atoms with van der Waals surface area (Å²) in [6.45, 7) is 0. The Balaban J connectivity index is 1.24. The number of hydrogen-bond donors (Lipinski definition) is 1. The molecule has 210 valence electrons. The van der Waals surface area contributed by atoms with Crippen molar-refractivity contribution >= 4 is 23.1 Å². The van der Waals surface area contributed by atoms with Crippen LogP contribution in [-0.2, 0) is 0 Å². The molecule has 2 unspecified atom stereocenters. The van der Waals surface area contributed by atoms with Crippen molar-refractivity contribution in [3.63, 3.8) is 0 Å². The number of fused-ring (bicyclic) bond motifs is 3. The van der Waals surface area contributed by atoms with Crippen molar-refractivity contribution in [1.29, 1.82) is 0 Å². The molecule has 0 bridgehead atoms. The third kappa shape index (κ3) is 5.08. The first kappa shape index (κ1) is 26.6. The van der Waals surface area contributed by atoms with Crippen LogP contribution in [0.3, 0.4) is 0 Å². The number of rotatable bonds is 6. The zero-order valence-electron chi connectivity index (χ0n) is 24.2. The van der Waals surface area contributed by atoms with E-state index in [0.29, 0.717) is 11.2 Å². The molecule has 1 aliphatic heterocycles. The maximum absolute atomic E-state index is 3.70. The minimum atomic E-state index is 0.412. The molecule has 0 saturated heterocycles. The summed E-state index contributed by atoms with van der Waals surface area (Å²) in [5.74, 6) is 0.412. The lowest BCUT2D eigenvalue weighted by Gasteiger charge is -2.19. The van der Waals surface area contributed by atoms with E-state index in [1.807, 2.05) is 11.8 Å². The monoisotopic (exact) mass is 581 g/mol. The minimum Gasteiger partial charge on any atom is -0.355 e. The summed E-state index contributed by atoms with van der Waals surface area (Å²) < 4.78 is 0. The zero-order chi connectivity index (χ0) is 29.3. The molecule has 0 saturated carbocycles. The molecule has 0 fully saturated rings. The fraction of sp³-hybridized carbons (Fsp3) is 0.0476. The first-order chi connectivity index (χ1) is 21.8. The normalized spacial score (nSPS) is 16.4. The van der Waals surface area contributed by atoms with Gasteiger partial charge in [-0.15, -0.1) is 11.8 Å². The smallest absolute Gasteiger partial charge is 0.0464 e. The van der Waals surface area contributed by atoms with Gasteiger partial charge in [-0.3, -0.25) is 0 Å². The lowest BCUT2D eigenvalue weighted by molar-refractivity contribution is 0.883. The number of thioether (sulfide) groups is 1. The summed E-state index contributed by atoms with van der Waals surface area (Å²) >= 11 is 1.98. The lowest BCUT2D eigenvalue weighted by Crippen LogP contribution is -2.07. The Morgan fingerprint density at radius 2 is 1.07 bits per heavy atom. The highest BCUT2D eigenvalue weighted by molar-refractivity contribution is 8.00. The standard InChI is InChI=1S/C42H31NS/c1-3-12-29(13-4-1)30-14-9-15-31(26-30)32-24-25-39(43-35-18-5-2-6-19-35)38(28-32)34-17-10-16-33(27-34)36-21-11-23-41-42(36)37-20-7-8-22-40(37)44-41/h1-28,37,40,43H. The van der Waals surface area contributed by atoms with Gasteiger partial charge in [-0.2, -0.15) is 0 Å². The quantitative estimate of drug-likeness (QED) is 0.210. The van der Waals surface area contributed by atoms with E-state index in [1.54, 1.807) is 0 Å². The molecule has 6 aromatic carbocycles. The minimum absolute atomic E-state index is 0.412. The van der Waals surface area contributed by atoms with Gasteiger partial charge in [0, 0.05) is 33.0 Å². The van der Waals surface area contributed by atoms with Gasteiger partial charge in [0.25, 0.3) is 0 Å². The maximum atomic E-state index is 3.70. The highest BCUT2D eigenvalue weighted by Crippen LogP contribution is 2.51. The average Bonchev–Trinajstić information content (AvgIpc) is 3.48. The maximum Gasteiger partial charge on any atom is 0.0464 e. The summed E-state index contributed by atoms with van der Waals surface area (Å²) in [4.78, 5) is 1.39. The largest absolute Gasteiger partial charge is 0.355 e. The Morgan fingerprint density at radius 3 is 1.89 bits per heavy atom. The van der Waals surface area contributed by atoms with E-state index >= 15 is 0 Å². The molecule has 1 N–H and O–H groups in total. The van der Waals surface area contributed by atoms with Crippen LogP contribution in [0.4, 0.5) is 11.4 Å². The SMILES string of the molecule is C1=CC2Sc3cccc(-c4cccc(-c5cc(-c6cccc(-c7ccccc7)c6)ccc5Nc5ccccc5)c4)c3C2C=C1. The third-order valence-electron chi connectivity index (χ3n) is 8.61. The first-order valence-corrected chi connectivity index (χ1v) is 16.1. The number of para-hydroxylation sites is 1. The highest BCUT2D eigenvalue weighted by atomic mass is 32.2. The number of benzene rings is 6. The van der Waals surface area contributed by atoms with Crippen molar-refractivity contribution in [2.75, 3.05) is 5.32 Å². The van der Waals surface area contributed by atoms with Crippen LogP contribution in [0.25, 0.3) is 44.5 Å². The van der Waals surface area contributed by atoms with E-state index in [-0.39, 0.29) is 0 Å². The Labute approximate surface area is 263 Å². The van der Waals surface area contributed by atoms with Crippen molar-refractivity contribution in [1.82, 2.24) is 0 Å². The fourth-order valence-electron chi connectivity index (χ4n) is 6.46. The van der Waals surface area contributed by atoms with Crippen molar-refractivity contribution in [3.8, 4) is 44.5 Å². The molecular formula is C42H31NS. The van der Waals surface area contributed by atoms with Crippen molar-refractivity contribution in [3.05, 3.63) is 175 Å². The second-order valence-corrected chi connectivity index (χ2v) is 12.6. The number of nitrogens with one attached hydrogen (secondary N) is 1. The predicted molar refractivity (Wildman–Crippen MR) is 189 cm³/mol. The molecule has 6 aromatic rings. The van der Waals surface area contributed by atoms with Crippen LogP contribution in [0.2, 0.25) is 0 Å². The van der Waals surface area contributed by atoms with Gasteiger partial charge in [0.2, 0.25) is 0 Å². The van der Waals surface area contributed by atoms with Crippen LogP contribution in [0.5, 0.6) is 0 Å². The van der Waals surface area contributed by atoms with Gasteiger partial charge >= 0.3 is 0 Å². The summed E-state index contributed by atoms with van der Waals surface area (Å²) in [6, 6.07) is 52.5. The Bertz CT molecular complexity index is 2020. The van der Waals surface area contributed by atoms with Crippen LogP contribution < -0.4 is 5.32 Å². The molecule has 1 heterocycles. The van der Waals surface area contributed by atoms with Gasteiger partial charge in [0.15, 0.2) is 0 Å². The number of hydrogen-bond acceptors (Lipinski definition) is 2. The van der Waals surface area contributed by atoms with Crippen LogP contribution in [0.15, 0.2) is 175 Å². The van der Waals surface area contributed by atoms with E-state index < -0.39 is 0 Å². The van der Waals surface area contributed by atoms with Crippen molar-refractivity contribution < 1.29 is 0 Å². The summed E-state index contributed by atoms with van der Waals surface area (Å²) in [6.07, 6.45) is 9.09. The average molecular weight is 582 g/mol. The van der Waals surface area contributed by atoms with Crippen molar-refractivity contribution in [2.45, 2.75) is 16.1 Å². The molecular weight excluding hydrogens is 551 g/mol. The summed E-state index contributed by atoms with van der Waals surface area (Å²) in [5.41, 5.74) is 13.4. The molecule has 1 aliphatic carbocycles. The van der Waals surface area contributed by atoms with Gasteiger partial charge in [0.1, 0.15) is 0 Å². The predicted octanol–water partition coefficient (Wildman–Crippen LogP) is 11.8. The number of anilines is 2. The fourth-order valence-corrected chi connectivity index (χ4v) is 7.83. The van der Waals surface area contributed by atoms with E-state index in [2.05, 4.69) is 175 Å². The van der Waals surface area contributed by atoms with Crippen LogP contribution in [0, 0.1) is 0 Å². The molecule has 2 aliphatic rings. The van der Waals surface area contributed by atoms with Crippen LogP contribution in [-0.4, -0.2) is 5.25 Å².